The standard InChI is InChI=1S/C73H136O6/c1-4-7-10-13-16-19-21-23-25-27-29-31-33-35-36-38-39-41-43-45-47-49-51-54-57-60-63-66-72(75)78-69-70(68-77-71(74)65-62-59-56-53-18-15-12-9-6-3)79-73(76)67-64-61-58-55-52-50-48-46-44-42-40-37-34-32-30-28-26-24-22-20-17-14-11-8-5-2/h21,23,27,29,33,35,70H,4-20,22,24-26,28,30-32,34,36-69H2,1-3H3/b23-21-,29-27-,35-33-. The number of ether oxygens (including phenoxy) is 3. The van der Waals surface area contributed by atoms with E-state index in [9.17, 15) is 14.4 Å². The van der Waals surface area contributed by atoms with Gasteiger partial charge in [-0.1, -0.05) is 353 Å². The van der Waals surface area contributed by atoms with E-state index in [1.807, 2.05) is 0 Å². The Morgan fingerprint density at radius 3 is 0.709 bits per heavy atom. The number of carbonyl (C=O) groups excluding carboxylic acids is 3. The van der Waals surface area contributed by atoms with Crippen LogP contribution in [0.5, 0.6) is 0 Å². The molecule has 79 heavy (non-hydrogen) atoms. The zero-order chi connectivity index (χ0) is 57.1. The first kappa shape index (κ1) is 76.6. The second-order valence-corrected chi connectivity index (χ2v) is 24.2. The number of unbranched alkanes of at least 4 members (excludes halogenated alkanes) is 49. The summed E-state index contributed by atoms with van der Waals surface area (Å²) in [5.41, 5.74) is 0. The van der Waals surface area contributed by atoms with Crippen molar-refractivity contribution in [3.8, 4) is 0 Å². The van der Waals surface area contributed by atoms with Gasteiger partial charge in [-0.2, -0.15) is 0 Å². The molecule has 0 saturated carbocycles. The van der Waals surface area contributed by atoms with Crippen LogP contribution in [0.3, 0.4) is 0 Å². The van der Waals surface area contributed by atoms with Crippen LogP contribution in [0.15, 0.2) is 36.5 Å². The summed E-state index contributed by atoms with van der Waals surface area (Å²) < 4.78 is 16.9. The SMILES string of the molecule is CCCCCCC/C=C\C/C=C\C/C=C\CCCCCCCCCCCCCCC(=O)OCC(COC(=O)CCCCCCCCCCC)OC(=O)CCCCCCCCCCCCCCCCCCCCCCCCCCC. The molecule has 0 aromatic rings. The lowest BCUT2D eigenvalue weighted by Crippen LogP contribution is -2.30. The first-order chi connectivity index (χ1) is 39.0. The minimum atomic E-state index is -0.769. The molecule has 0 aromatic carbocycles. The molecule has 0 bridgehead atoms. The smallest absolute Gasteiger partial charge is 0.306 e. The van der Waals surface area contributed by atoms with Crippen LogP contribution in [0, 0.1) is 0 Å². The molecule has 0 radical (unpaired) electrons. The molecule has 0 fully saturated rings. The summed E-state index contributed by atoms with van der Waals surface area (Å²) in [6.45, 7) is 6.68. The predicted octanol–water partition coefficient (Wildman–Crippen LogP) is 24.3. The topological polar surface area (TPSA) is 78.9 Å². The Hall–Kier alpha value is -2.37. The molecule has 0 N–H and O–H groups in total. The Balaban J connectivity index is 4.11. The van der Waals surface area contributed by atoms with E-state index in [-0.39, 0.29) is 31.1 Å². The van der Waals surface area contributed by atoms with E-state index in [4.69, 9.17) is 14.2 Å². The van der Waals surface area contributed by atoms with E-state index < -0.39 is 6.10 Å². The van der Waals surface area contributed by atoms with E-state index in [0.717, 1.165) is 70.6 Å². The molecule has 0 amide bonds. The van der Waals surface area contributed by atoms with Crippen molar-refractivity contribution < 1.29 is 28.6 Å². The number of rotatable bonds is 66. The fourth-order valence-electron chi connectivity index (χ4n) is 10.8. The number of allylic oxidation sites excluding steroid dienone is 6. The highest BCUT2D eigenvalue weighted by Crippen LogP contribution is 2.19. The van der Waals surface area contributed by atoms with Crippen LogP contribution in [-0.4, -0.2) is 37.2 Å². The fourth-order valence-corrected chi connectivity index (χ4v) is 10.8. The first-order valence-corrected chi connectivity index (χ1v) is 35.5. The van der Waals surface area contributed by atoms with Crippen LogP contribution < -0.4 is 0 Å². The maximum atomic E-state index is 12.9. The van der Waals surface area contributed by atoms with Gasteiger partial charge in [0.1, 0.15) is 13.2 Å². The monoisotopic (exact) mass is 1110 g/mol. The van der Waals surface area contributed by atoms with Crippen LogP contribution in [0.25, 0.3) is 0 Å². The van der Waals surface area contributed by atoms with E-state index in [1.54, 1.807) is 0 Å². The largest absolute Gasteiger partial charge is 0.462 e. The van der Waals surface area contributed by atoms with Gasteiger partial charge in [-0.05, 0) is 57.8 Å². The van der Waals surface area contributed by atoms with Gasteiger partial charge in [0.2, 0.25) is 0 Å². The molecule has 1 unspecified atom stereocenters. The van der Waals surface area contributed by atoms with Gasteiger partial charge in [0.15, 0.2) is 6.10 Å². The third-order valence-electron chi connectivity index (χ3n) is 16.1. The third-order valence-corrected chi connectivity index (χ3v) is 16.1. The molecule has 1 atom stereocenters. The van der Waals surface area contributed by atoms with Gasteiger partial charge in [0.05, 0.1) is 0 Å². The number of esters is 3. The maximum Gasteiger partial charge on any atom is 0.306 e. The Kier molecular flexibility index (Phi) is 66.1. The summed E-state index contributed by atoms with van der Waals surface area (Å²) in [6, 6.07) is 0. The summed E-state index contributed by atoms with van der Waals surface area (Å²) in [5.74, 6) is -0.843. The molecular weight excluding hydrogens is 973 g/mol. The summed E-state index contributed by atoms with van der Waals surface area (Å²) in [6.07, 6.45) is 84.8. The van der Waals surface area contributed by atoms with Crippen LogP contribution in [0.4, 0.5) is 0 Å². The molecule has 0 rings (SSSR count). The summed E-state index contributed by atoms with van der Waals surface area (Å²) in [7, 11) is 0. The second kappa shape index (κ2) is 68.1. The van der Waals surface area contributed by atoms with Gasteiger partial charge in [0, 0.05) is 19.3 Å². The van der Waals surface area contributed by atoms with Crippen LogP contribution in [0.2, 0.25) is 0 Å². The van der Waals surface area contributed by atoms with Crippen molar-refractivity contribution in [1.29, 1.82) is 0 Å². The molecule has 0 heterocycles. The van der Waals surface area contributed by atoms with E-state index in [0.29, 0.717) is 19.3 Å². The average Bonchev–Trinajstić information content (AvgIpc) is 3.45. The number of hydrogen-bond acceptors (Lipinski definition) is 6. The van der Waals surface area contributed by atoms with Gasteiger partial charge in [0.25, 0.3) is 0 Å². The minimum Gasteiger partial charge on any atom is -0.462 e. The Labute approximate surface area is 493 Å². The molecule has 6 heteroatoms. The van der Waals surface area contributed by atoms with Crippen LogP contribution >= 0.6 is 0 Å². The first-order valence-electron chi connectivity index (χ1n) is 35.5. The van der Waals surface area contributed by atoms with Crippen molar-refractivity contribution in [1.82, 2.24) is 0 Å². The van der Waals surface area contributed by atoms with Crippen molar-refractivity contribution in [3.63, 3.8) is 0 Å². The van der Waals surface area contributed by atoms with E-state index in [2.05, 4.69) is 57.2 Å². The van der Waals surface area contributed by atoms with Crippen molar-refractivity contribution >= 4 is 17.9 Å². The number of hydrogen-bond donors (Lipinski definition) is 0. The van der Waals surface area contributed by atoms with Gasteiger partial charge >= 0.3 is 17.9 Å². The molecule has 0 aliphatic carbocycles. The van der Waals surface area contributed by atoms with Crippen molar-refractivity contribution in [2.45, 2.75) is 399 Å². The Bertz CT molecular complexity index is 1320. The summed E-state index contributed by atoms with van der Waals surface area (Å²) >= 11 is 0. The summed E-state index contributed by atoms with van der Waals surface area (Å²) in [5, 5.41) is 0. The highest BCUT2D eigenvalue weighted by atomic mass is 16.6. The minimum absolute atomic E-state index is 0.0668. The molecular formula is C73H136O6. The molecule has 0 spiro atoms. The molecule has 0 saturated heterocycles. The second-order valence-electron chi connectivity index (χ2n) is 24.2. The lowest BCUT2D eigenvalue weighted by Gasteiger charge is -2.18. The average molecular weight is 1110 g/mol. The Morgan fingerprint density at radius 1 is 0.253 bits per heavy atom. The van der Waals surface area contributed by atoms with Crippen molar-refractivity contribution in [2.75, 3.05) is 13.2 Å². The maximum absolute atomic E-state index is 12.9. The Morgan fingerprint density at radius 2 is 0.456 bits per heavy atom. The number of carbonyl (C=O) groups is 3. The third kappa shape index (κ3) is 66.3. The predicted molar refractivity (Wildman–Crippen MR) is 344 cm³/mol. The fraction of sp³-hybridized carbons (Fsp3) is 0.877. The molecule has 0 aliphatic heterocycles. The highest BCUT2D eigenvalue weighted by molar-refractivity contribution is 5.71. The lowest BCUT2D eigenvalue weighted by atomic mass is 10.0. The molecule has 0 aliphatic rings. The summed E-state index contributed by atoms with van der Waals surface area (Å²) in [4.78, 5) is 38.3. The van der Waals surface area contributed by atoms with Gasteiger partial charge in [-0.15, -0.1) is 0 Å². The molecule has 464 valence electrons. The van der Waals surface area contributed by atoms with Gasteiger partial charge < -0.3 is 14.2 Å². The van der Waals surface area contributed by atoms with Crippen molar-refractivity contribution in [2.24, 2.45) is 0 Å². The normalized spacial score (nSPS) is 12.2. The lowest BCUT2D eigenvalue weighted by molar-refractivity contribution is -0.167. The zero-order valence-electron chi connectivity index (χ0n) is 53.4. The molecule has 0 aromatic heterocycles. The van der Waals surface area contributed by atoms with Crippen LogP contribution in [-0.2, 0) is 28.6 Å². The highest BCUT2D eigenvalue weighted by Gasteiger charge is 2.19. The van der Waals surface area contributed by atoms with E-state index >= 15 is 0 Å². The van der Waals surface area contributed by atoms with Gasteiger partial charge in [-0.3, -0.25) is 14.4 Å². The zero-order valence-corrected chi connectivity index (χ0v) is 53.4. The molecule has 6 nitrogen and oxygen atoms in total. The van der Waals surface area contributed by atoms with Crippen molar-refractivity contribution in [3.05, 3.63) is 36.5 Å². The van der Waals surface area contributed by atoms with Crippen LogP contribution in [0.1, 0.15) is 393 Å². The quantitative estimate of drug-likeness (QED) is 0.0261. The van der Waals surface area contributed by atoms with Gasteiger partial charge in [-0.25, -0.2) is 0 Å². The van der Waals surface area contributed by atoms with E-state index in [1.165, 1.54) is 283 Å².